The minimum Gasteiger partial charge on any atom is -0.380 e. The molecule has 0 bridgehead atoms. The fraction of sp³-hybridized carbons (Fsp3) is 0.429. The third kappa shape index (κ3) is 2.71. The zero-order chi connectivity index (χ0) is 11.3. The molecule has 0 aromatic heterocycles. The summed E-state index contributed by atoms with van der Waals surface area (Å²) in [6.07, 6.45) is 7.45. The molecular weight excluding hydrogens is 198 g/mol. The molecule has 1 unspecified atom stereocenters. The number of rotatable bonds is 1. The van der Waals surface area contributed by atoms with Crippen LogP contribution in [0.15, 0.2) is 42.5 Å². The summed E-state index contributed by atoms with van der Waals surface area (Å²) in [7, 11) is 0. The number of β-amino-alcohol motifs (C(OH)–C–C–N with tert-alkyl or cyclic N) is 1. The van der Waals surface area contributed by atoms with Crippen LogP contribution >= 0.6 is 0 Å². The van der Waals surface area contributed by atoms with Gasteiger partial charge in [0.1, 0.15) is 5.60 Å². The van der Waals surface area contributed by atoms with Gasteiger partial charge in [0.15, 0.2) is 0 Å². The Balaban J connectivity index is 2.22. The summed E-state index contributed by atoms with van der Waals surface area (Å²) in [5.41, 5.74) is 0.103. The smallest absolute Gasteiger partial charge is 0.120 e. The van der Waals surface area contributed by atoms with E-state index in [1.54, 1.807) is 0 Å². The van der Waals surface area contributed by atoms with Crippen LogP contribution < -0.4 is 5.32 Å². The molecule has 1 aromatic rings. The highest BCUT2D eigenvalue weighted by molar-refractivity contribution is 5.28. The van der Waals surface area contributed by atoms with Crippen LogP contribution in [0, 0.1) is 0 Å². The van der Waals surface area contributed by atoms with E-state index >= 15 is 0 Å². The quantitative estimate of drug-likeness (QED) is 0.707. The van der Waals surface area contributed by atoms with E-state index < -0.39 is 5.60 Å². The highest BCUT2D eigenvalue weighted by Crippen LogP contribution is 2.23. The molecule has 2 nitrogen and oxygen atoms in total. The monoisotopic (exact) mass is 217 g/mol. The Morgan fingerprint density at radius 3 is 2.75 bits per heavy atom. The van der Waals surface area contributed by atoms with Crippen LogP contribution in [-0.4, -0.2) is 18.2 Å². The molecule has 0 saturated carbocycles. The van der Waals surface area contributed by atoms with Gasteiger partial charge >= 0.3 is 0 Å². The van der Waals surface area contributed by atoms with Crippen LogP contribution in [0.1, 0.15) is 24.8 Å². The van der Waals surface area contributed by atoms with Crippen molar-refractivity contribution in [2.45, 2.75) is 24.9 Å². The van der Waals surface area contributed by atoms with Crippen molar-refractivity contribution in [2.24, 2.45) is 0 Å². The van der Waals surface area contributed by atoms with Gasteiger partial charge in [0, 0.05) is 6.54 Å². The van der Waals surface area contributed by atoms with E-state index in [4.69, 9.17) is 0 Å². The first kappa shape index (κ1) is 11.4. The molecule has 0 aliphatic carbocycles. The molecule has 0 saturated heterocycles. The number of hydrogen-bond donors (Lipinski definition) is 2. The van der Waals surface area contributed by atoms with E-state index in [1.807, 2.05) is 36.4 Å². The van der Waals surface area contributed by atoms with Gasteiger partial charge in [-0.2, -0.15) is 0 Å². The lowest BCUT2D eigenvalue weighted by Crippen LogP contribution is -2.36. The fourth-order valence-corrected chi connectivity index (χ4v) is 2.05. The minimum atomic E-state index is -0.856. The molecular formula is C14H19NO. The molecule has 0 amide bonds. The summed E-state index contributed by atoms with van der Waals surface area (Å²) in [4.78, 5) is 0. The van der Waals surface area contributed by atoms with E-state index in [2.05, 4.69) is 11.4 Å². The summed E-state index contributed by atoms with van der Waals surface area (Å²) in [5, 5.41) is 13.9. The van der Waals surface area contributed by atoms with Crippen molar-refractivity contribution in [3.8, 4) is 0 Å². The molecule has 1 atom stereocenters. The van der Waals surface area contributed by atoms with Crippen molar-refractivity contribution in [3.63, 3.8) is 0 Å². The zero-order valence-electron chi connectivity index (χ0n) is 9.52. The number of benzene rings is 1. The van der Waals surface area contributed by atoms with Crippen molar-refractivity contribution in [1.82, 2.24) is 5.32 Å². The van der Waals surface area contributed by atoms with E-state index in [0.717, 1.165) is 18.5 Å². The van der Waals surface area contributed by atoms with Crippen LogP contribution in [0.5, 0.6) is 0 Å². The molecule has 1 heterocycles. The first-order chi connectivity index (χ1) is 7.81. The summed E-state index contributed by atoms with van der Waals surface area (Å²) in [6.45, 7) is 1.57. The predicted molar refractivity (Wildman–Crippen MR) is 66.2 cm³/mol. The average Bonchev–Trinajstić information content (AvgIpc) is 2.43. The Morgan fingerprint density at radius 2 is 1.94 bits per heavy atom. The fourth-order valence-electron chi connectivity index (χ4n) is 2.05. The molecule has 16 heavy (non-hydrogen) atoms. The van der Waals surface area contributed by atoms with Crippen LogP contribution in [0.4, 0.5) is 0 Å². The van der Waals surface area contributed by atoms with Crippen LogP contribution in [-0.2, 0) is 5.60 Å². The minimum absolute atomic E-state index is 0.591. The predicted octanol–water partition coefficient (Wildman–Crippen LogP) is 2.20. The van der Waals surface area contributed by atoms with Crippen molar-refractivity contribution >= 4 is 0 Å². The third-order valence-electron chi connectivity index (χ3n) is 3.04. The first-order valence-electron chi connectivity index (χ1n) is 5.98. The average molecular weight is 217 g/mol. The van der Waals surface area contributed by atoms with Gasteiger partial charge in [-0.25, -0.2) is 0 Å². The van der Waals surface area contributed by atoms with Gasteiger partial charge in [0.25, 0.3) is 0 Å². The van der Waals surface area contributed by atoms with Gasteiger partial charge in [-0.15, -0.1) is 0 Å². The molecule has 2 heteroatoms. The molecule has 86 valence electrons. The normalized spacial score (nSPS) is 28.8. The second-order valence-corrected chi connectivity index (χ2v) is 4.37. The topological polar surface area (TPSA) is 32.3 Å². The molecule has 0 spiro atoms. The van der Waals surface area contributed by atoms with Crippen molar-refractivity contribution in [2.75, 3.05) is 13.1 Å². The van der Waals surface area contributed by atoms with Crippen LogP contribution in [0.2, 0.25) is 0 Å². The lowest BCUT2D eigenvalue weighted by atomic mass is 9.93. The largest absolute Gasteiger partial charge is 0.380 e. The molecule has 0 fully saturated rings. The second kappa shape index (κ2) is 5.28. The molecule has 2 N–H and O–H groups in total. The lowest BCUT2D eigenvalue weighted by molar-refractivity contribution is 0.0889. The standard InChI is InChI=1S/C14H19NO/c16-14(13-8-4-3-5-9-13)10-6-1-2-7-11-15-12-14/h3-6,8-10,15-16H,1-2,7,11-12H2/b10-6-. The summed E-state index contributed by atoms with van der Waals surface area (Å²) >= 11 is 0. The highest BCUT2D eigenvalue weighted by Gasteiger charge is 2.25. The SMILES string of the molecule is OC1(c2ccccc2)/C=C\CCCCNC1. The van der Waals surface area contributed by atoms with Gasteiger partial charge in [0.2, 0.25) is 0 Å². The lowest BCUT2D eigenvalue weighted by Gasteiger charge is -2.25. The van der Waals surface area contributed by atoms with E-state index in [1.165, 1.54) is 12.8 Å². The highest BCUT2D eigenvalue weighted by atomic mass is 16.3. The molecule has 1 aliphatic rings. The molecule has 2 rings (SSSR count). The molecule has 1 aliphatic heterocycles. The number of allylic oxidation sites excluding steroid dienone is 1. The summed E-state index contributed by atoms with van der Waals surface area (Å²) in [5.74, 6) is 0. The van der Waals surface area contributed by atoms with Crippen molar-refractivity contribution in [3.05, 3.63) is 48.0 Å². The number of hydrogen-bond acceptors (Lipinski definition) is 2. The van der Waals surface area contributed by atoms with Crippen LogP contribution in [0.3, 0.4) is 0 Å². The van der Waals surface area contributed by atoms with Gasteiger partial charge in [-0.1, -0.05) is 42.5 Å². The molecule has 0 radical (unpaired) electrons. The maximum absolute atomic E-state index is 10.6. The Hall–Kier alpha value is -1.12. The summed E-state index contributed by atoms with van der Waals surface area (Å²) < 4.78 is 0. The van der Waals surface area contributed by atoms with Gasteiger partial charge in [-0.05, 0) is 31.4 Å². The first-order valence-corrected chi connectivity index (χ1v) is 5.98. The van der Waals surface area contributed by atoms with E-state index in [9.17, 15) is 5.11 Å². The zero-order valence-corrected chi connectivity index (χ0v) is 9.52. The Bertz CT molecular complexity index is 347. The number of aliphatic hydroxyl groups is 1. The maximum atomic E-state index is 10.6. The van der Waals surface area contributed by atoms with Crippen molar-refractivity contribution in [1.29, 1.82) is 0 Å². The van der Waals surface area contributed by atoms with Gasteiger partial charge < -0.3 is 10.4 Å². The summed E-state index contributed by atoms with van der Waals surface area (Å²) in [6, 6.07) is 9.86. The Labute approximate surface area is 97.0 Å². The van der Waals surface area contributed by atoms with E-state index in [0.29, 0.717) is 6.54 Å². The maximum Gasteiger partial charge on any atom is 0.120 e. The van der Waals surface area contributed by atoms with Gasteiger partial charge in [-0.3, -0.25) is 0 Å². The Morgan fingerprint density at radius 1 is 1.12 bits per heavy atom. The molecule has 1 aromatic carbocycles. The van der Waals surface area contributed by atoms with Crippen molar-refractivity contribution < 1.29 is 5.11 Å². The third-order valence-corrected chi connectivity index (χ3v) is 3.04. The van der Waals surface area contributed by atoms with Gasteiger partial charge in [0.05, 0.1) is 0 Å². The van der Waals surface area contributed by atoms with E-state index in [-0.39, 0.29) is 0 Å². The number of nitrogens with one attached hydrogen (secondary N) is 1. The van der Waals surface area contributed by atoms with Crippen LogP contribution in [0.25, 0.3) is 0 Å². The Kier molecular flexibility index (Phi) is 3.75. The second-order valence-electron chi connectivity index (χ2n) is 4.37.